The van der Waals surface area contributed by atoms with Crippen molar-refractivity contribution in [3.63, 3.8) is 0 Å². The molecule has 3 heterocycles. The van der Waals surface area contributed by atoms with Crippen LogP contribution in [0.4, 0.5) is 5.13 Å². The van der Waals surface area contributed by atoms with Crippen molar-refractivity contribution in [2.24, 2.45) is 11.7 Å². The molecule has 7 heteroatoms. The van der Waals surface area contributed by atoms with Crippen LogP contribution < -0.4 is 11.5 Å². The predicted octanol–water partition coefficient (Wildman–Crippen LogP) is 2.69. The number of rotatable bonds is 2. The van der Waals surface area contributed by atoms with E-state index in [4.69, 9.17) is 11.5 Å². The van der Waals surface area contributed by atoms with Crippen molar-refractivity contribution in [3.05, 3.63) is 33.2 Å². The monoisotopic (exact) mass is 310 g/mol. The fourth-order valence-electron chi connectivity index (χ4n) is 2.86. The van der Waals surface area contributed by atoms with E-state index in [1.807, 2.05) is 11.5 Å². The van der Waals surface area contributed by atoms with Crippen molar-refractivity contribution in [2.45, 2.75) is 31.8 Å². The van der Waals surface area contributed by atoms with Gasteiger partial charge in [0.25, 0.3) is 0 Å². The quantitative estimate of drug-likeness (QED) is 0.778. The van der Waals surface area contributed by atoms with Crippen LogP contribution in [0.15, 0.2) is 27.5 Å². The predicted molar refractivity (Wildman–Crippen MR) is 83.0 cm³/mol. The zero-order valence-electron chi connectivity index (χ0n) is 11.2. The maximum absolute atomic E-state index is 10.5. The van der Waals surface area contributed by atoms with Gasteiger partial charge in [0.05, 0.1) is 22.8 Å². The molecule has 1 aromatic rings. The van der Waals surface area contributed by atoms with Crippen LogP contribution in [0.2, 0.25) is 0 Å². The van der Waals surface area contributed by atoms with Crippen molar-refractivity contribution in [3.8, 4) is 0 Å². The Hall–Kier alpha value is -1.02. The van der Waals surface area contributed by atoms with Crippen molar-refractivity contribution < 1.29 is 5.21 Å². The molecule has 0 radical (unpaired) electrons. The summed E-state index contributed by atoms with van der Waals surface area (Å²) in [6.07, 6.45) is 3.85. The lowest BCUT2D eigenvalue weighted by atomic mass is 9.94. The Labute approximate surface area is 126 Å². The zero-order chi connectivity index (χ0) is 14.3. The highest BCUT2D eigenvalue weighted by Crippen LogP contribution is 2.42. The lowest BCUT2D eigenvalue weighted by molar-refractivity contribution is -0.128. The van der Waals surface area contributed by atoms with E-state index in [0.29, 0.717) is 5.13 Å². The molecular weight excluding hydrogens is 292 g/mol. The molecule has 2 aliphatic rings. The second-order valence-corrected chi connectivity index (χ2v) is 7.03. The van der Waals surface area contributed by atoms with E-state index in [1.54, 1.807) is 0 Å². The van der Waals surface area contributed by atoms with Crippen LogP contribution in [-0.4, -0.2) is 21.3 Å². The highest BCUT2D eigenvalue weighted by molar-refractivity contribution is 8.05. The maximum Gasteiger partial charge on any atom is 0.180 e. The Balaban J connectivity index is 1.78. The molecule has 108 valence electrons. The SMILES string of the molecule is CC1C=C(N)SC=C1C1CCC(c2csc(N)n2)N1O. The lowest BCUT2D eigenvalue weighted by Crippen LogP contribution is -2.32. The van der Waals surface area contributed by atoms with Gasteiger partial charge in [-0.25, -0.2) is 4.98 Å². The molecule has 0 saturated carbocycles. The summed E-state index contributed by atoms with van der Waals surface area (Å²) in [6.45, 7) is 2.11. The molecule has 1 saturated heterocycles. The second-order valence-electron chi connectivity index (χ2n) is 5.19. The highest BCUT2D eigenvalue weighted by atomic mass is 32.2. The number of thiazole rings is 1. The summed E-state index contributed by atoms with van der Waals surface area (Å²) in [5, 5.41) is 17.3. The molecule has 0 aliphatic carbocycles. The van der Waals surface area contributed by atoms with Crippen LogP contribution >= 0.6 is 23.1 Å². The molecule has 1 aromatic heterocycles. The van der Waals surface area contributed by atoms with Gasteiger partial charge in [-0.05, 0) is 29.9 Å². The number of hydrogen-bond acceptors (Lipinski definition) is 7. The van der Waals surface area contributed by atoms with Crippen LogP contribution in [-0.2, 0) is 0 Å². The summed E-state index contributed by atoms with van der Waals surface area (Å²) >= 11 is 2.94. The number of aromatic nitrogens is 1. The highest BCUT2D eigenvalue weighted by Gasteiger charge is 2.38. The van der Waals surface area contributed by atoms with Gasteiger partial charge in [0, 0.05) is 11.3 Å². The number of hydrogen-bond donors (Lipinski definition) is 3. The van der Waals surface area contributed by atoms with E-state index in [9.17, 15) is 5.21 Å². The number of nitrogens with zero attached hydrogens (tertiary/aromatic N) is 2. The van der Waals surface area contributed by atoms with Crippen molar-refractivity contribution in [1.29, 1.82) is 0 Å². The largest absolute Gasteiger partial charge is 0.394 e. The van der Waals surface area contributed by atoms with Crippen LogP contribution in [0.1, 0.15) is 31.5 Å². The van der Waals surface area contributed by atoms with Crippen molar-refractivity contribution >= 4 is 28.2 Å². The first kappa shape index (κ1) is 13.9. The summed E-state index contributed by atoms with van der Waals surface area (Å²) in [4.78, 5) is 4.29. The molecule has 3 unspecified atom stereocenters. The molecule has 0 amide bonds. The molecule has 3 rings (SSSR count). The maximum atomic E-state index is 10.5. The van der Waals surface area contributed by atoms with E-state index in [-0.39, 0.29) is 18.0 Å². The molecule has 5 nitrogen and oxygen atoms in total. The first-order chi connectivity index (χ1) is 9.56. The van der Waals surface area contributed by atoms with Crippen LogP contribution in [0, 0.1) is 5.92 Å². The summed E-state index contributed by atoms with van der Waals surface area (Å²) in [5.41, 5.74) is 13.6. The normalized spacial score (nSPS) is 31.2. The summed E-state index contributed by atoms with van der Waals surface area (Å²) in [6, 6.07) is -0.0234. The number of anilines is 1. The van der Waals surface area contributed by atoms with Crippen molar-refractivity contribution in [1.82, 2.24) is 10.0 Å². The van der Waals surface area contributed by atoms with Crippen LogP contribution in [0.3, 0.4) is 0 Å². The molecule has 3 atom stereocenters. The Morgan fingerprint density at radius 2 is 2.10 bits per heavy atom. The van der Waals surface area contributed by atoms with Gasteiger partial charge in [0.2, 0.25) is 0 Å². The number of thioether (sulfide) groups is 1. The van der Waals surface area contributed by atoms with E-state index in [2.05, 4.69) is 17.3 Å². The van der Waals surface area contributed by atoms with Gasteiger partial charge in [-0.3, -0.25) is 0 Å². The van der Waals surface area contributed by atoms with E-state index >= 15 is 0 Å². The minimum absolute atomic E-state index is 0.0368. The lowest BCUT2D eigenvalue weighted by Gasteiger charge is -2.28. The third kappa shape index (κ3) is 2.46. The summed E-state index contributed by atoms with van der Waals surface area (Å²) < 4.78 is 0. The fourth-order valence-corrected chi connectivity index (χ4v) is 4.40. The smallest absolute Gasteiger partial charge is 0.180 e. The van der Waals surface area contributed by atoms with Gasteiger partial charge in [-0.1, -0.05) is 18.7 Å². The standard InChI is InChI=1S/C13H18N4OS2/c1-7-4-12(14)19-5-8(7)10-2-3-11(17(10)18)9-6-20-13(15)16-9/h4-7,10-11,18H,2-3,14H2,1H3,(H2,15,16). The molecule has 5 N–H and O–H groups in total. The zero-order valence-corrected chi connectivity index (χ0v) is 12.8. The third-order valence-corrected chi connectivity index (χ3v) is 5.38. The molecular formula is C13H18N4OS2. The number of nitrogen functional groups attached to an aromatic ring is 1. The van der Waals surface area contributed by atoms with E-state index in [1.165, 1.54) is 33.7 Å². The molecule has 0 aromatic carbocycles. The molecule has 1 fully saturated rings. The van der Waals surface area contributed by atoms with Gasteiger partial charge >= 0.3 is 0 Å². The Bertz CT molecular complexity index is 568. The summed E-state index contributed by atoms with van der Waals surface area (Å²) in [7, 11) is 0. The van der Waals surface area contributed by atoms with Gasteiger partial charge in [-0.15, -0.1) is 11.3 Å². The first-order valence-electron chi connectivity index (χ1n) is 6.58. The number of hydroxylamine groups is 2. The van der Waals surface area contributed by atoms with Gasteiger partial charge in [0.15, 0.2) is 5.13 Å². The summed E-state index contributed by atoms with van der Waals surface area (Å²) in [5.74, 6) is 0.259. The molecule has 0 bridgehead atoms. The second kappa shape index (κ2) is 5.40. The van der Waals surface area contributed by atoms with E-state index < -0.39 is 0 Å². The Kier molecular flexibility index (Phi) is 3.76. The number of nitrogens with two attached hydrogens (primary N) is 2. The number of allylic oxidation sites excluding steroid dienone is 1. The van der Waals surface area contributed by atoms with Crippen LogP contribution in [0.5, 0.6) is 0 Å². The third-order valence-electron chi connectivity index (χ3n) is 3.89. The van der Waals surface area contributed by atoms with E-state index in [0.717, 1.165) is 23.6 Å². The minimum atomic E-state index is -0.0603. The molecule has 2 aliphatic heterocycles. The molecule has 20 heavy (non-hydrogen) atoms. The van der Waals surface area contributed by atoms with Crippen LogP contribution in [0.25, 0.3) is 0 Å². The Morgan fingerprint density at radius 1 is 1.35 bits per heavy atom. The van der Waals surface area contributed by atoms with Gasteiger partial charge in [-0.2, -0.15) is 5.06 Å². The first-order valence-corrected chi connectivity index (χ1v) is 8.34. The van der Waals surface area contributed by atoms with Gasteiger partial charge < -0.3 is 16.7 Å². The Morgan fingerprint density at radius 3 is 2.75 bits per heavy atom. The minimum Gasteiger partial charge on any atom is -0.394 e. The van der Waals surface area contributed by atoms with Crippen molar-refractivity contribution in [2.75, 3.05) is 5.73 Å². The van der Waals surface area contributed by atoms with Gasteiger partial charge in [0.1, 0.15) is 0 Å². The molecule has 0 spiro atoms. The average Bonchev–Trinajstić information content (AvgIpc) is 2.96. The average molecular weight is 310 g/mol. The fraction of sp³-hybridized carbons (Fsp3) is 0.462. The topological polar surface area (TPSA) is 88.4 Å².